The fourth-order valence-electron chi connectivity index (χ4n) is 1.28. The Hall–Kier alpha value is -1.89. The summed E-state index contributed by atoms with van der Waals surface area (Å²) in [6.45, 7) is 3.92. The minimum absolute atomic E-state index is 0.281. The highest BCUT2D eigenvalue weighted by Crippen LogP contribution is 2.07. The maximum absolute atomic E-state index is 5.33. The lowest BCUT2D eigenvalue weighted by Gasteiger charge is -1.96. The maximum Gasteiger partial charge on any atom is 0.335 e. The van der Waals surface area contributed by atoms with E-state index in [4.69, 9.17) is 9.26 Å². The highest BCUT2D eigenvalue weighted by Gasteiger charge is 2.06. The molecule has 7 heteroatoms. The Kier molecular flexibility index (Phi) is 3.71. The molecule has 0 saturated heterocycles. The van der Waals surface area contributed by atoms with Gasteiger partial charge >= 0.3 is 6.01 Å². The van der Waals surface area contributed by atoms with Crippen molar-refractivity contribution in [1.82, 2.24) is 25.2 Å². The lowest BCUT2D eigenvalue weighted by molar-refractivity contribution is 0.232. The van der Waals surface area contributed by atoms with Crippen LogP contribution in [0.25, 0.3) is 0 Å². The van der Waals surface area contributed by atoms with Crippen molar-refractivity contribution < 1.29 is 9.26 Å². The second-order valence-electron chi connectivity index (χ2n) is 3.55. The van der Waals surface area contributed by atoms with Crippen LogP contribution in [0.4, 0.5) is 0 Å². The number of ether oxygens (including phenoxy) is 1. The van der Waals surface area contributed by atoms with Crippen LogP contribution in [0.2, 0.25) is 0 Å². The Morgan fingerprint density at radius 3 is 3.12 bits per heavy atom. The van der Waals surface area contributed by atoms with Gasteiger partial charge in [0.2, 0.25) is 0 Å². The summed E-state index contributed by atoms with van der Waals surface area (Å²) in [6.07, 6.45) is 1.58. The Morgan fingerprint density at radius 1 is 1.53 bits per heavy atom. The van der Waals surface area contributed by atoms with E-state index >= 15 is 0 Å². The van der Waals surface area contributed by atoms with Gasteiger partial charge in [-0.25, -0.2) is 0 Å². The number of nitrogens with zero attached hydrogens (tertiary/aromatic N) is 4. The SMILES string of the molecule is CCNCc1cc(COc2ncn(C)n2)on1. The van der Waals surface area contributed by atoms with Crippen molar-refractivity contribution in [2.45, 2.75) is 20.1 Å². The maximum atomic E-state index is 5.33. The number of aromatic nitrogens is 4. The standard InChI is InChI=1S/C10H15N5O2/c1-3-11-5-8-4-9(17-14-8)6-16-10-12-7-15(2)13-10/h4,7,11H,3,5-6H2,1-2H3. The molecule has 0 bridgehead atoms. The third kappa shape index (κ3) is 3.28. The van der Waals surface area contributed by atoms with Crippen LogP contribution in [0.15, 0.2) is 16.9 Å². The van der Waals surface area contributed by atoms with Crippen molar-refractivity contribution in [3.63, 3.8) is 0 Å². The summed E-state index contributed by atoms with van der Waals surface area (Å²) in [5, 5.41) is 11.1. The molecular formula is C10H15N5O2. The molecule has 0 aliphatic heterocycles. The number of aryl methyl sites for hydroxylation is 1. The first-order chi connectivity index (χ1) is 8.28. The predicted molar refractivity (Wildman–Crippen MR) is 59.2 cm³/mol. The minimum atomic E-state index is 0.281. The van der Waals surface area contributed by atoms with Gasteiger partial charge in [-0.3, -0.25) is 4.68 Å². The molecule has 2 aromatic rings. The average Bonchev–Trinajstić information content (AvgIpc) is 2.93. The fourth-order valence-corrected chi connectivity index (χ4v) is 1.28. The summed E-state index contributed by atoms with van der Waals surface area (Å²) in [4.78, 5) is 3.94. The number of hydrogen-bond acceptors (Lipinski definition) is 6. The van der Waals surface area contributed by atoms with Gasteiger partial charge in [-0.2, -0.15) is 4.98 Å². The van der Waals surface area contributed by atoms with E-state index in [1.807, 2.05) is 13.0 Å². The van der Waals surface area contributed by atoms with E-state index in [0.717, 1.165) is 12.2 Å². The van der Waals surface area contributed by atoms with Crippen LogP contribution < -0.4 is 10.1 Å². The average molecular weight is 237 g/mol. The molecule has 1 N–H and O–H groups in total. The number of hydrogen-bond donors (Lipinski definition) is 1. The smallest absolute Gasteiger partial charge is 0.335 e. The monoisotopic (exact) mass is 237 g/mol. The van der Waals surface area contributed by atoms with Gasteiger partial charge in [0.25, 0.3) is 0 Å². The van der Waals surface area contributed by atoms with Crippen molar-refractivity contribution in [3.8, 4) is 6.01 Å². The first-order valence-corrected chi connectivity index (χ1v) is 5.41. The van der Waals surface area contributed by atoms with Gasteiger partial charge in [-0.15, -0.1) is 5.10 Å². The van der Waals surface area contributed by atoms with E-state index in [9.17, 15) is 0 Å². The number of nitrogens with one attached hydrogen (secondary N) is 1. The molecule has 2 rings (SSSR count). The lowest BCUT2D eigenvalue weighted by Crippen LogP contribution is -2.11. The molecular weight excluding hydrogens is 222 g/mol. The summed E-state index contributed by atoms with van der Waals surface area (Å²) in [5.74, 6) is 0.658. The first kappa shape index (κ1) is 11.6. The van der Waals surface area contributed by atoms with Gasteiger partial charge < -0.3 is 14.6 Å². The molecule has 0 atom stereocenters. The van der Waals surface area contributed by atoms with Crippen LogP contribution in [-0.2, 0) is 20.2 Å². The molecule has 0 fully saturated rings. The molecule has 0 radical (unpaired) electrons. The van der Waals surface area contributed by atoms with E-state index in [1.165, 1.54) is 0 Å². The Bertz CT molecular complexity index is 465. The second kappa shape index (κ2) is 5.44. The molecule has 0 spiro atoms. The lowest BCUT2D eigenvalue weighted by atomic mass is 10.3. The van der Waals surface area contributed by atoms with Gasteiger partial charge in [-0.05, 0) is 6.54 Å². The fraction of sp³-hybridized carbons (Fsp3) is 0.500. The molecule has 0 saturated carbocycles. The molecule has 0 aromatic carbocycles. The molecule has 17 heavy (non-hydrogen) atoms. The van der Waals surface area contributed by atoms with E-state index in [1.54, 1.807) is 18.1 Å². The highest BCUT2D eigenvalue weighted by atomic mass is 16.5. The van der Waals surface area contributed by atoms with Crippen LogP contribution in [0.1, 0.15) is 18.4 Å². The van der Waals surface area contributed by atoms with Crippen molar-refractivity contribution >= 4 is 0 Å². The van der Waals surface area contributed by atoms with Crippen molar-refractivity contribution in [3.05, 3.63) is 23.8 Å². The highest BCUT2D eigenvalue weighted by molar-refractivity contribution is 5.05. The van der Waals surface area contributed by atoms with Gasteiger partial charge in [0.05, 0.1) is 5.69 Å². The third-order valence-electron chi connectivity index (χ3n) is 2.09. The van der Waals surface area contributed by atoms with Gasteiger partial charge in [-0.1, -0.05) is 12.1 Å². The summed E-state index contributed by atoms with van der Waals surface area (Å²) in [5.41, 5.74) is 0.861. The van der Waals surface area contributed by atoms with Gasteiger partial charge in [0, 0.05) is 19.7 Å². The molecule has 2 aromatic heterocycles. The normalized spacial score (nSPS) is 10.7. The van der Waals surface area contributed by atoms with Crippen LogP contribution in [0.3, 0.4) is 0 Å². The van der Waals surface area contributed by atoms with Crippen molar-refractivity contribution in [1.29, 1.82) is 0 Å². The summed E-state index contributed by atoms with van der Waals surface area (Å²) in [6, 6.07) is 2.18. The zero-order chi connectivity index (χ0) is 12.1. The molecule has 0 aliphatic carbocycles. The van der Waals surface area contributed by atoms with E-state index in [0.29, 0.717) is 18.3 Å². The molecule has 0 amide bonds. The topological polar surface area (TPSA) is 78.0 Å². The van der Waals surface area contributed by atoms with E-state index in [-0.39, 0.29) is 6.61 Å². The quantitative estimate of drug-likeness (QED) is 0.787. The largest absolute Gasteiger partial charge is 0.454 e. The van der Waals surface area contributed by atoms with Crippen molar-refractivity contribution in [2.24, 2.45) is 7.05 Å². The Balaban J connectivity index is 1.84. The van der Waals surface area contributed by atoms with Gasteiger partial charge in [0.15, 0.2) is 12.4 Å². The van der Waals surface area contributed by atoms with Crippen molar-refractivity contribution in [2.75, 3.05) is 6.54 Å². The third-order valence-corrected chi connectivity index (χ3v) is 2.09. The zero-order valence-electron chi connectivity index (χ0n) is 9.88. The second-order valence-corrected chi connectivity index (χ2v) is 3.55. The Labute approximate surface area is 98.8 Å². The van der Waals surface area contributed by atoms with Crippen LogP contribution in [-0.4, -0.2) is 26.5 Å². The van der Waals surface area contributed by atoms with Crippen LogP contribution in [0, 0.1) is 0 Å². The zero-order valence-corrected chi connectivity index (χ0v) is 9.88. The first-order valence-electron chi connectivity index (χ1n) is 5.41. The van der Waals surface area contributed by atoms with Gasteiger partial charge in [0.1, 0.15) is 6.33 Å². The van der Waals surface area contributed by atoms with E-state index in [2.05, 4.69) is 20.6 Å². The molecule has 92 valence electrons. The molecule has 0 unspecified atom stereocenters. The molecule has 7 nitrogen and oxygen atoms in total. The predicted octanol–water partition coefficient (Wildman–Crippen LogP) is 0.492. The Morgan fingerprint density at radius 2 is 2.41 bits per heavy atom. The minimum Gasteiger partial charge on any atom is -0.454 e. The summed E-state index contributed by atoms with van der Waals surface area (Å²) >= 11 is 0. The van der Waals surface area contributed by atoms with Crippen LogP contribution in [0.5, 0.6) is 6.01 Å². The summed E-state index contributed by atoms with van der Waals surface area (Å²) < 4.78 is 12.0. The van der Waals surface area contributed by atoms with E-state index < -0.39 is 0 Å². The number of rotatable bonds is 6. The van der Waals surface area contributed by atoms with Crippen LogP contribution >= 0.6 is 0 Å². The molecule has 2 heterocycles. The molecule has 0 aliphatic rings. The summed E-state index contributed by atoms with van der Waals surface area (Å²) in [7, 11) is 1.78.